The van der Waals surface area contributed by atoms with E-state index in [0.29, 0.717) is 0 Å². The highest BCUT2D eigenvalue weighted by Crippen LogP contribution is 2.65. The molecule has 1 spiro atoms. The topological polar surface area (TPSA) is 79.5 Å². The van der Waals surface area contributed by atoms with E-state index in [4.69, 9.17) is 9.47 Å². The van der Waals surface area contributed by atoms with Crippen molar-refractivity contribution in [2.45, 2.75) is 24.2 Å². The number of benzene rings is 3. The lowest BCUT2D eigenvalue weighted by Crippen LogP contribution is -2.37. The molecule has 7 heteroatoms. The summed E-state index contributed by atoms with van der Waals surface area (Å²) in [7, 11) is 1.66. The van der Waals surface area contributed by atoms with Gasteiger partial charge in [0.25, 0.3) is 0 Å². The Morgan fingerprint density at radius 1 is 1.08 bits per heavy atom. The van der Waals surface area contributed by atoms with E-state index < -0.39 is 5.41 Å². The lowest BCUT2D eigenvalue weighted by molar-refractivity contribution is -0.118. The number of anilines is 1. The summed E-state index contributed by atoms with van der Waals surface area (Å²) in [6, 6.07) is 21.1. The third-order valence-corrected chi connectivity index (χ3v) is 8.36. The van der Waals surface area contributed by atoms with Gasteiger partial charge < -0.3 is 14.8 Å². The number of hydrogen-bond acceptors (Lipinski definition) is 5. The van der Waals surface area contributed by atoms with E-state index in [2.05, 4.69) is 62.9 Å². The molecule has 1 saturated heterocycles. The normalized spacial score (nSPS) is 22.8. The van der Waals surface area contributed by atoms with Gasteiger partial charge in [0.05, 0.1) is 36.9 Å². The van der Waals surface area contributed by atoms with Crippen molar-refractivity contribution >= 4 is 22.5 Å². The molecule has 2 atom stereocenters. The zero-order valence-electron chi connectivity index (χ0n) is 20.9. The third-order valence-electron chi connectivity index (χ3n) is 8.36. The van der Waals surface area contributed by atoms with Crippen LogP contribution in [0.4, 0.5) is 5.69 Å². The summed E-state index contributed by atoms with van der Waals surface area (Å²) in [5, 5.41) is 12.1. The van der Waals surface area contributed by atoms with E-state index in [1.165, 1.54) is 5.56 Å². The molecule has 3 heterocycles. The number of aromatic nitrogens is 2. The van der Waals surface area contributed by atoms with Gasteiger partial charge in [-0.05, 0) is 53.8 Å². The van der Waals surface area contributed by atoms with Gasteiger partial charge >= 0.3 is 0 Å². The first-order valence-electron chi connectivity index (χ1n) is 13.0. The molecule has 3 aliphatic rings. The maximum atomic E-state index is 13.0. The number of H-pyrrole nitrogens is 1. The Bertz CT molecular complexity index is 1490. The minimum atomic E-state index is -0.503. The van der Waals surface area contributed by atoms with Gasteiger partial charge in [-0.1, -0.05) is 36.4 Å². The van der Waals surface area contributed by atoms with E-state index >= 15 is 0 Å². The summed E-state index contributed by atoms with van der Waals surface area (Å²) in [6.45, 7) is 4.78. The molecule has 188 valence electrons. The second-order valence-electron chi connectivity index (χ2n) is 10.4. The van der Waals surface area contributed by atoms with Crippen LogP contribution in [-0.4, -0.2) is 61.0 Å². The molecule has 1 aromatic heterocycles. The average molecular weight is 495 g/mol. The van der Waals surface area contributed by atoms with Crippen molar-refractivity contribution < 1.29 is 14.3 Å². The second kappa shape index (κ2) is 8.71. The summed E-state index contributed by atoms with van der Waals surface area (Å²) < 4.78 is 10.9. The predicted molar refractivity (Wildman–Crippen MR) is 143 cm³/mol. The number of hydrogen-bond donors (Lipinski definition) is 2. The minimum absolute atomic E-state index is 0.0832. The third kappa shape index (κ3) is 3.72. The Morgan fingerprint density at radius 2 is 1.92 bits per heavy atom. The summed E-state index contributed by atoms with van der Waals surface area (Å²) in [5.41, 5.74) is 6.99. The molecule has 3 aromatic carbocycles. The number of carbonyl (C=O) groups is 1. The Balaban J connectivity index is 1.11. The highest BCUT2D eigenvalue weighted by molar-refractivity contribution is 6.10. The van der Waals surface area contributed by atoms with E-state index in [0.717, 1.165) is 90.4 Å². The van der Waals surface area contributed by atoms with Gasteiger partial charge in [-0.25, -0.2) is 0 Å². The number of nitrogens with zero attached hydrogens (tertiary/aromatic N) is 2. The Labute approximate surface area is 215 Å². The van der Waals surface area contributed by atoms with E-state index in [-0.39, 0.29) is 11.8 Å². The smallest absolute Gasteiger partial charge is 0.235 e. The first kappa shape index (κ1) is 22.5. The molecule has 0 radical (unpaired) electrons. The average Bonchev–Trinajstić information content (AvgIpc) is 3.47. The van der Waals surface area contributed by atoms with Gasteiger partial charge in [0, 0.05) is 42.2 Å². The molecule has 1 aliphatic carbocycles. The molecule has 2 unspecified atom stereocenters. The number of aromatic amines is 1. The van der Waals surface area contributed by atoms with E-state index in [1.54, 1.807) is 7.11 Å². The van der Waals surface area contributed by atoms with Crippen LogP contribution in [0.15, 0.2) is 60.7 Å². The number of amides is 1. The van der Waals surface area contributed by atoms with E-state index in [9.17, 15) is 4.79 Å². The van der Waals surface area contributed by atoms with Crippen LogP contribution in [0.3, 0.4) is 0 Å². The Kier molecular flexibility index (Phi) is 5.30. The van der Waals surface area contributed by atoms with Crippen LogP contribution in [0.1, 0.15) is 29.0 Å². The standard InChI is InChI=1S/C30H30N4O3/c1-36-22-7-9-26-24(17-22)30(29(35)31-26)18-25(30)21-6-8-23-27(16-21)32-33-28(23)20-4-2-19(3-5-20)10-11-34-12-14-37-15-13-34/h2-9,16-17,25H,10-15,18H2,1H3,(H,31,35)(H,32,33). The molecule has 7 nitrogen and oxygen atoms in total. The van der Waals surface area contributed by atoms with Crippen LogP contribution in [0.5, 0.6) is 5.75 Å². The lowest BCUT2D eigenvalue weighted by Gasteiger charge is -2.26. The van der Waals surface area contributed by atoms with Gasteiger partial charge in [0.15, 0.2) is 0 Å². The first-order chi connectivity index (χ1) is 18.2. The zero-order chi connectivity index (χ0) is 25.0. The molecule has 2 N–H and O–H groups in total. The van der Waals surface area contributed by atoms with Crippen LogP contribution in [0.25, 0.3) is 22.2 Å². The predicted octanol–water partition coefficient (Wildman–Crippen LogP) is 4.49. The van der Waals surface area contributed by atoms with Gasteiger partial charge in [-0.15, -0.1) is 0 Å². The van der Waals surface area contributed by atoms with Gasteiger partial charge in [-0.3, -0.25) is 14.8 Å². The molecule has 2 fully saturated rings. The molecule has 4 aromatic rings. The molecular formula is C30H30N4O3. The number of nitrogens with one attached hydrogen (secondary N) is 2. The number of morpholine rings is 1. The first-order valence-corrected chi connectivity index (χ1v) is 13.0. The van der Waals surface area contributed by atoms with Crippen LogP contribution >= 0.6 is 0 Å². The molecular weight excluding hydrogens is 464 g/mol. The van der Waals surface area contributed by atoms with Crippen molar-refractivity contribution in [3.8, 4) is 17.0 Å². The summed E-state index contributed by atoms with van der Waals surface area (Å²) in [4.78, 5) is 15.5. The minimum Gasteiger partial charge on any atom is -0.497 e. The highest BCUT2D eigenvalue weighted by atomic mass is 16.5. The Hall–Kier alpha value is -3.68. The van der Waals surface area contributed by atoms with Crippen LogP contribution in [-0.2, 0) is 21.4 Å². The monoisotopic (exact) mass is 494 g/mol. The van der Waals surface area contributed by atoms with Gasteiger partial charge in [0.1, 0.15) is 5.75 Å². The van der Waals surface area contributed by atoms with Crippen molar-refractivity contribution in [1.82, 2.24) is 15.1 Å². The number of ether oxygens (including phenoxy) is 2. The molecule has 1 saturated carbocycles. The maximum absolute atomic E-state index is 13.0. The van der Waals surface area contributed by atoms with Crippen molar-refractivity contribution in [3.05, 3.63) is 77.4 Å². The summed E-state index contributed by atoms with van der Waals surface area (Å²) in [5.74, 6) is 1.00. The number of methoxy groups -OCH3 is 1. The summed E-state index contributed by atoms with van der Waals surface area (Å²) in [6.07, 6.45) is 1.84. The number of carbonyl (C=O) groups excluding carboxylic acids is 1. The van der Waals surface area contributed by atoms with E-state index in [1.807, 2.05) is 18.2 Å². The second-order valence-corrected chi connectivity index (χ2v) is 10.4. The number of rotatable bonds is 6. The van der Waals surface area contributed by atoms with Crippen molar-refractivity contribution in [2.24, 2.45) is 0 Å². The quantitative estimate of drug-likeness (QED) is 0.413. The highest BCUT2D eigenvalue weighted by Gasteiger charge is 2.65. The van der Waals surface area contributed by atoms with Gasteiger partial charge in [0.2, 0.25) is 5.91 Å². The zero-order valence-corrected chi connectivity index (χ0v) is 20.9. The van der Waals surface area contributed by atoms with Gasteiger partial charge in [-0.2, -0.15) is 5.10 Å². The SMILES string of the molecule is COc1ccc2c(c1)C1(CC1c1ccc3c(-c4ccc(CCN5CCOCC5)cc4)n[nH]c3c1)C(=O)N2. The molecule has 2 aliphatic heterocycles. The van der Waals surface area contributed by atoms with Crippen LogP contribution in [0, 0.1) is 0 Å². The largest absolute Gasteiger partial charge is 0.497 e. The van der Waals surface area contributed by atoms with Crippen molar-refractivity contribution in [2.75, 3.05) is 45.3 Å². The fourth-order valence-corrected chi connectivity index (χ4v) is 6.11. The van der Waals surface area contributed by atoms with Crippen molar-refractivity contribution in [3.63, 3.8) is 0 Å². The lowest BCUT2D eigenvalue weighted by atomic mass is 9.91. The van der Waals surface area contributed by atoms with Crippen LogP contribution in [0.2, 0.25) is 0 Å². The molecule has 1 amide bonds. The summed E-state index contributed by atoms with van der Waals surface area (Å²) >= 11 is 0. The number of fused-ring (bicyclic) bond motifs is 3. The maximum Gasteiger partial charge on any atom is 0.235 e. The Morgan fingerprint density at radius 3 is 2.73 bits per heavy atom. The fraction of sp³-hybridized carbons (Fsp3) is 0.333. The molecule has 7 rings (SSSR count). The van der Waals surface area contributed by atoms with Crippen LogP contribution < -0.4 is 10.1 Å². The molecule has 0 bridgehead atoms. The molecule has 37 heavy (non-hydrogen) atoms. The fourth-order valence-electron chi connectivity index (χ4n) is 6.11. The van der Waals surface area contributed by atoms with Crippen molar-refractivity contribution in [1.29, 1.82) is 0 Å².